The van der Waals surface area contributed by atoms with Gasteiger partial charge in [-0.25, -0.2) is 4.79 Å². The van der Waals surface area contributed by atoms with E-state index in [0.717, 1.165) is 44.1 Å². The fourth-order valence-corrected chi connectivity index (χ4v) is 5.22. The first kappa shape index (κ1) is 41.9. The van der Waals surface area contributed by atoms with E-state index in [-0.39, 0.29) is 26.1 Å². The highest BCUT2D eigenvalue weighted by atomic mass is 16.5. The maximum absolute atomic E-state index is 13.7. The average Bonchev–Trinajstić information content (AvgIpc) is 3.06. The number of methoxy groups -OCH3 is 1. The first-order chi connectivity index (χ1) is 23.1. The number of rotatable bonds is 26. The first-order valence-electron chi connectivity index (χ1n) is 17.2. The lowest BCUT2D eigenvalue weighted by molar-refractivity contribution is -0.146. The second kappa shape index (κ2) is 25.9. The van der Waals surface area contributed by atoms with E-state index >= 15 is 0 Å². The van der Waals surface area contributed by atoms with Crippen LogP contribution in [0.25, 0.3) is 0 Å². The van der Waals surface area contributed by atoms with E-state index in [2.05, 4.69) is 24.1 Å². The third kappa shape index (κ3) is 18.9. The Morgan fingerprint density at radius 1 is 0.938 bits per heavy atom. The van der Waals surface area contributed by atoms with Gasteiger partial charge in [-0.3, -0.25) is 19.2 Å². The van der Waals surface area contributed by atoms with Gasteiger partial charge >= 0.3 is 11.9 Å². The minimum atomic E-state index is -1.03. The van der Waals surface area contributed by atoms with Crippen molar-refractivity contribution in [3.63, 3.8) is 0 Å². The fourth-order valence-electron chi connectivity index (χ4n) is 5.22. The lowest BCUT2D eigenvalue weighted by atomic mass is 9.87. The number of hydrogen-bond acceptors (Lipinski definition) is 8. The molecule has 0 unspecified atom stereocenters. The molecule has 266 valence electrons. The van der Waals surface area contributed by atoms with Crippen molar-refractivity contribution in [2.75, 3.05) is 20.3 Å². The van der Waals surface area contributed by atoms with Crippen molar-refractivity contribution in [1.29, 1.82) is 0 Å². The van der Waals surface area contributed by atoms with Crippen LogP contribution in [0.1, 0.15) is 110 Å². The second-order valence-electron chi connectivity index (χ2n) is 11.9. The summed E-state index contributed by atoms with van der Waals surface area (Å²) in [5.41, 5.74) is 6.47. The number of allylic oxidation sites excluding steroid dienone is 1. The number of nitrogens with two attached hydrogens (primary N) is 1. The van der Waals surface area contributed by atoms with Crippen LogP contribution in [0.15, 0.2) is 36.4 Å². The molecule has 10 heteroatoms. The smallest absolute Gasteiger partial charge is 0.328 e. The summed E-state index contributed by atoms with van der Waals surface area (Å²) in [6, 6.07) is 6.03. The Morgan fingerprint density at radius 2 is 1.58 bits per heavy atom. The minimum absolute atomic E-state index is 0.0384. The summed E-state index contributed by atoms with van der Waals surface area (Å²) >= 11 is 0. The zero-order valence-electron chi connectivity index (χ0n) is 29.4. The number of esters is 2. The summed E-state index contributed by atoms with van der Waals surface area (Å²) < 4.78 is 15.5. The van der Waals surface area contributed by atoms with Gasteiger partial charge in [0.25, 0.3) is 0 Å². The van der Waals surface area contributed by atoms with Crippen molar-refractivity contribution in [3.8, 4) is 17.6 Å². The molecule has 0 spiro atoms. The lowest BCUT2D eigenvalue weighted by Gasteiger charge is -2.24. The molecule has 3 N–H and O–H groups in total. The number of carbonyl (C=O) groups excluding carboxylic acids is 5. The summed E-state index contributed by atoms with van der Waals surface area (Å²) in [4.78, 5) is 62.3. The highest BCUT2D eigenvalue weighted by molar-refractivity contribution is 5.91. The molecule has 1 aromatic carbocycles. The zero-order chi connectivity index (χ0) is 35.6. The predicted molar refractivity (Wildman–Crippen MR) is 186 cm³/mol. The van der Waals surface area contributed by atoms with E-state index in [1.54, 1.807) is 37.3 Å². The summed E-state index contributed by atoms with van der Waals surface area (Å²) in [6.07, 6.45) is 14.9. The quantitative estimate of drug-likeness (QED) is 0.0545. The van der Waals surface area contributed by atoms with Gasteiger partial charge in [-0.1, -0.05) is 75.7 Å². The number of carbonyl (C=O) groups is 5. The van der Waals surface area contributed by atoms with E-state index in [4.69, 9.17) is 19.9 Å². The monoisotopic (exact) mass is 668 g/mol. The number of ketones is 1. The van der Waals surface area contributed by atoms with Gasteiger partial charge in [-0.2, -0.15) is 0 Å². The van der Waals surface area contributed by atoms with Gasteiger partial charge < -0.3 is 25.3 Å². The Labute approximate surface area is 286 Å². The van der Waals surface area contributed by atoms with Crippen LogP contribution < -0.4 is 15.8 Å². The Morgan fingerprint density at radius 3 is 2.17 bits per heavy atom. The van der Waals surface area contributed by atoms with Gasteiger partial charge in [0, 0.05) is 26.2 Å². The number of benzene rings is 1. The molecule has 3 atom stereocenters. The van der Waals surface area contributed by atoms with Crippen molar-refractivity contribution in [1.82, 2.24) is 5.32 Å². The Balaban J connectivity index is 2.86. The number of unbranched alkanes of at least 4 members (excludes halogenated alkanes) is 8. The molecule has 1 aromatic rings. The molecule has 0 aromatic heterocycles. The molecule has 0 aliphatic carbocycles. The van der Waals surface area contributed by atoms with Gasteiger partial charge in [0.05, 0.1) is 25.6 Å². The summed E-state index contributed by atoms with van der Waals surface area (Å²) in [5.74, 6) is 2.10. The maximum Gasteiger partial charge on any atom is 0.328 e. The fraction of sp³-hybridized carbons (Fsp3) is 0.605. The van der Waals surface area contributed by atoms with Crippen LogP contribution in [-0.4, -0.2) is 55.9 Å². The first-order valence-corrected chi connectivity index (χ1v) is 17.2. The van der Waals surface area contributed by atoms with Crippen molar-refractivity contribution < 1.29 is 38.2 Å². The van der Waals surface area contributed by atoms with Gasteiger partial charge in [0.15, 0.2) is 0 Å². The third-order valence-corrected chi connectivity index (χ3v) is 7.97. The lowest BCUT2D eigenvalue weighted by Crippen LogP contribution is -2.48. The number of amides is 2. The average molecular weight is 669 g/mol. The van der Waals surface area contributed by atoms with Crippen LogP contribution >= 0.6 is 0 Å². The van der Waals surface area contributed by atoms with Gasteiger partial charge in [0.2, 0.25) is 11.8 Å². The van der Waals surface area contributed by atoms with Gasteiger partial charge in [-0.05, 0) is 56.7 Å². The highest BCUT2D eigenvalue weighted by Gasteiger charge is 2.33. The van der Waals surface area contributed by atoms with Crippen LogP contribution in [0.4, 0.5) is 0 Å². The van der Waals surface area contributed by atoms with Crippen molar-refractivity contribution in [3.05, 3.63) is 42.0 Å². The molecule has 0 aliphatic rings. The van der Waals surface area contributed by atoms with Crippen LogP contribution in [0.5, 0.6) is 5.75 Å². The molecule has 0 saturated heterocycles. The molecule has 48 heavy (non-hydrogen) atoms. The van der Waals surface area contributed by atoms with E-state index in [1.807, 2.05) is 6.08 Å². The van der Waals surface area contributed by atoms with Crippen molar-refractivity contribution >= 4 is 29.5 Å². The minimum Gasteiger partial charge on any atom is -0.481 e. The SMILES string of the molecule is CC#CCOc1ccc(C[C@H](NC(=O)[C@@H](/C=C/CCCCCCC(=O)CCCCCCC)[C@@H](CCOC(C)=O)C(N)=O)C(=O)OC)cc1. The number of ether oxygens (including phenoxy) is 3. The van der Waals surface area contributed by atoms with E-state index in [1.165, 1.54) is 33.3 Å². The molecule has 0 bridgehead atoms. The Hall–Kier alpha value is -4.13. The second-order valence-corrected chi connectivity index (χ2v) is 11.9. The summed E-state index contributed by atoms with van der Waals surface area (Å²) in [7, 11) is 1.24. The Bertz CT molecular complexity index is 1220. The van der Waals surface area contributed by atoms with Gasteiger partial charge in [-0.15, -0.1) is 5.92 Å². The van der Waals surface area contributed by atoms with Crippen LogP contribution in [0.3, 0.4) is 0 Å². The highest BCUT2D eigenvalue weighted by Crippen LogP contribution is 2.21. The number of Topliss-reactive ketones (excluding diaryl/α,β-unsaturated/α-hetero) is 1. The van der Waals surface area contributed by atoms with Gasteiger partial charge in [0.1, 0.15) is 24.2 Å². The summed E-state index contributed by atoms with van der Waals surface area (Å²) in [5, 5.41) is 2.75. The maximum atomic E-state index is 13.7. The Kier molecular flexibility index (Phi) is 22.6. The molecule has 1 rings (SSSR count). The normalized spacial score (nSPS) is 12.7. The number of hydrogen-bond donors (Lipinski definition) is 2. The molecule has 0 fully saturated rings. The van der Waals surface area contributed by atoms with Crippen molar-refractivity contribution in [2.45, 2.75) is 117 Å². The van der Waals surface area contributed by atoms with E-state index in [9.17, 15) is 24.0 Å². The van der Waals surface area contributed by atoms with Crippen LogP contribution in [0, 0.1) is 23.7 Å². The molecule has 0 saturated carbocycles. The molecule has 0 heterocycles. The molecule has 10 nitrogen and oxygen atoms in total. The number of primary amides is 1. The molecule has 0 aliphatic heterocycles. The van der Waals surface area contributed by atoms with E-state index < -0.39 is 41.6 Å². The third-order valence-electron chi connectivity index (χ3n) is 7.97. The standard InChI is InChI=1S/C38H56N2O8/c1-5-7-9-12-15-18-31(42)19-16-13-10-11-14-17-20-34(33(36(39)43)25-27-47-29(3)41)37(44)40-35(38(45)46-4)28-30-21-23-32(24-22-30)48-26-8-6-2/h17,20-24,33-35H,5,7,9-16,18-19,25-28H2,1-4H3,(H2,39,43)(H,40,44)/b20-17+/t33-,34+,35+/m1/s1. The molecule has 2 amide bonds. The molecular formula is C38H56N2O8. The molecule has 0 radical (unpaired) electrons. The predicted octanol–water partition coefficient (Wildman–Crippen LogP) is 5.79. The van der Waals surface area contributed by atoms with E-state index in [0.29, 0.717) is 30.8 Å². The van der Waals surface area contributed by atoms with Crippen LogP contribution in [0.2, 0.25) is 0 Å². The van der Waals surface area contributed by atoms with Crippen LogP contribution in [-0.2, 0) is 39.9 Å². The topological polar surface area (TPSA) is 151 Å². The zero-order valence-corrected chi connectivity index (χ0v) is 29.4. The number of nitrogens with one attached hydrogen (secondary N) is 1. The largest absolute Gasteiger partial charge is 0.481 e. The molecular weight excluding hydrogens is 612 g/mol. The summed E-state index contributed by atoms with van der Waals surface area (Å²) in [6.45, 7) is 5.33. The van der Waals surface area contributed by atoms with Crippen molar-refractivity contribution in [2.24, 2.45) is 17.6 Å².